The quantitative estimate of drug-likeness (QED) is 0.637. The number of carbonyl (C=O) groups is 1. The van der Waals surface area contributed by atoms with E-state index in [-0.39, 0.29) is 24.4 Å². The summed E-state index contributed by atoms with van der Waals surface area (Å²) in [5.74, 6) is -0.328. The number of carbonyl (C=O) groups excluding carboxylic acids is 1. The van der Waals surface area contributed by atoms with Crippen LogP contribution in [0.1, 0.15) is 16.8 Å². The van der Waals surface area contributed by atoms with E-state index in [2.05, 4.69) is 9.72 Å². The molecule has 0 atom stereocenters. The molecule has 0 aromatic carbocycles. The number of anilines is 1. The molecule has 4 nitrogen and oxygen atoms in total. The predicted octanol–water partition coefficient (Wildman–Crippen LogP) is 1.82. The number of ketones is 1. The van der Waals surface area contributed by atoms with Crippen LogP contribution < -0.4 is 5.73 Å². The molecule has 7 heteroatoms. The van der Waals surface area contributed by atoms with E-state index in [1.807, 2.05) is 0 Å². The number of pyridine rings is 1. The molecule has 1 aromatic heterocycles. The second-order valence-corrected chi connectivity index (χ2v) is 3.28. The Morgan fingerprint density at radius 2 is 2.18 bits per heavy atom. The van der Waals surface area contributed by atoms with Crippen LogP contribution in [-0.2, 0) is 4.74 Å². The van der Waals surface area contributed by atoms with Gasteiger partial charge in [-0.05, 0) is 12.1 Å². The zero-order valence-corrected chi connectivity index (χ0v) is 8.83. The van der Waals surface area contributed by atoms with Crippen molar-refractivity contribution in [1.29, 1.82) is 0 Å². The predicted molar refractivity (Wildman–Crippen MR) is 54.5 cm³/mol. The number of halogens is 3. The summed E-state index contributed by atoms with van der Waals surface area (Å²) < 4.78 is 39.5. The highest BCUT2D eigenvalue weighted by Crippen LogP contribution is 2.15. The van der Waals surface area contributed by atoms with Crippen molar-refractivity contribution in [2.75, 3.05) is 18.9 Å². The van der Waals surface area contributed by atoms with Gasteiger partial charge in [0.15, 0.2) is 5.78 Å². The highest BCUT2D eigenvalue weighted by molar-refractivity contribution is 5.99. The third kappa shape index (κ3) is 4.81. The maximum Gasteiger partial charge on any atom is 0.411 e. The minimum Gasteiger partial charge on any atom is -0.383 e. The lowest BCUT2D eigenvalue weighted by Crippen LogP contribution is -2.18. The Balaban J connectivity index is 2.39. The summed E-state index contributed by atoms with van der Waals surface area (Å²) in [7, 11) is 0. The average Bonchev–Trinajstić information content (AvgIpc) is 2.23. The van der Waals surface area contributed by atoms with Crippen molar-refractivity contribution in [2.45, 2.75) is 12.6 Å². The second-order valence-electron chi connectivity index (χ2n) is 3.28. The van der Waals surface area contributed by atoms with Crippen LogP contribution in [0.5, 0.6) is 0 Å². The van der Waals surface area contributed by atoms with Crippen LogP contribution in [0.25, 0.3) is 0 Å². The summed E-state index contributed by atoms with van der Waals surface area (Å²) in [4.78, 5) is 15.2. The SMILES string of the molecule is Nc1ncccc1C(=O)CCOCC(F)(F)F. The van der Waals surface area contributed by atoms with Crippen molar-refractivity contribution >= 4 is 11.6 Å². The first-order valence-electron chi connectivity index (χ1n) is 4.78. The van der Waals surface area contributed by atoms with E-state index < -0.39 is 18.6 Å². The van der Waals surface area contributed by atoms with Gasteiger partial charge in [-0.25, -0.2) is 4.98 Å². The van der Waals surface area contributed by atoms with Crippen LogP contribution in [0.2, 0.25) is 0 Å². The van der Waals surface area contributed by atoms with Crippen molar-refractivity contribution in [3.63, 3.8) is 0 Å². The number of ether oxygens (including phenoxy) is 1. The molecule has 0 saturated heterocycles. The van der Waals surface area contributed by atoms with Crippen molar-refractivity contribution in [3.8, 4) is 0 Å². The van der Waals surface area contributed by atoms with Crippen molar-refractivity contribution in [3.05, 3.63) is 23.9 Å². The summed E-state index contributed by atoms with van der Waals surface area (Å²) >= 11 is 0. The standard InChI is InChI=1S/C10H11F3N2O2/c11-10(12,13)6-17-5-3-8(16)7-2-1-4-15-9(7)14/h1-2,4H,3,5-6H2,(H2,14,15). The molecule has 0 fully saturated rings. The molecular weight excluding hydrogens is 237 g/mol. The van der Waals surface area contributed by atoms with Gasteiger partial charge >= 0.3 is 6.18 Å². The highest BCUT2D eigenvalue weighted by Gasteiger charge is 2.27. The number of nitrogens with zero attached hydrogens (tertiary/aromatic N) is 1. The topological polar surface area (TPSA) is 65.2 Å². The van der Waals surface area contributed by atoms with E-state index in [1.165, 1.54) is 18.3 Å². The summed E-state index contributed by atoms with van der Waals surface area (Å²) in [5, 5.41) is 0. The van der Waals surface area contributed by atoms with E-state index in [4.69, 9.17) is 5.73 Å². The van der Waals surface area contributed by atoms with Gasteiger partial charge in [0.25, 0.3) is 0 Å². The van der Waals surface area contributed by atoms with Gasteiger partial charge in [0.05, 0.1) is 12.2 Å². The van der Waals surface area contributed by atoms with E-state index in [0.717, 1.165) is 0 Å². The fourth-order valence-corrected chi connectivity index (χ4v) is 1.14. The number of hydrogen-bond donors (Lipinski definition) is 1. The first-order chi connectivity index (χ1) is 7.90. The minimum absolute atomic E-state index is 0.0633. The summed E-state index contributed by atoms with van der Waals surface area (Å²) in [6, 6.07) is 2.99. The Morgan fingerprint density at radius 1 is 1.47 bits per heavy atom. The molecule has 17 heavy (non-hydrogen) atoms. The summed E-state index contributed by atoms with van der Waals surface area (Å²) in [6.07, 6.45) is -3.12. The number of aromatic nitrogens is 1. The highest BCUT2D eigenvalue weighted by atomic mass is 19.4. The Hall–Kier alpha value is -1.63. The van der Waals surface area contributed by atoms with E-state index in [9.17, 15) is 18.0 Å². The van der Waals surface area contributed by atoms with E-state index in [1.54, 1.807) is 0 Å². The number of hydrogen-bond acceptors (Lipinski definition) is 4. The van der Waals surface area contributed by atoms with Crippen molar-refractivity contribution in [2.24, 2.45) is 0 Å². The Morgan fingerprint density at radius 3 is 2.76 bits per heavy atom. The summed E-state index contributed by atoms with van der Waals surface area (Å²) in [6.45, 7) is -1.66. The molecule has 0 aliphatic rings. The van der Waals surface area contributed by atoms with Crippen LogP contribution in [-0.4, -0.2) is 30.2 Å². The van der Waals surface area contributed by atoms with Gasteiger partial charge < -0.3 is 10.5 Å². The monoisotopic (exact) mass is 248 g/mol. The number of Topliss-reactive ketones (excluding diaryl/α,β-unsaturated/α-hetero) is 1. The molecule has 0 spiro atoms. The molecule has 0 amide bonds. The molecule has 94 valence electrons. The first-order valence-corrected chi connectivity index (χ1v) is 4.78. The van der Waals surface area contributed by atoms with Gasteiger partial charge in [0.1, 0.15) is 12.4 Å². The van der Waals surface area contributed by atoms with Crippen molar-refractivity contribution in [1.82, 2.24) is 4.98 Å². The molecule has 0 radical (unpaired) electrons. The molecule has 0 unspecified atom stereocenters. The van der Waals surface area contributed by atoms with Gasteiger partial charge in [0.2, 0.25) is 0 Å². The van der Waals surface area contributed by atoms with E-state index in [0.29, 0.717) is 0 Å². The lowest BCUT2D eigenvalue weighted by atomic mass is 10.1. The second kappa shape index (κ2) is 5.62. The maximum atomic E-state index is 11.7. The largest absolute Gasteiger partial charge is 0.411 e. The minimum atomic E-state index is -4.38. The maximum absolute atomic E-state index is 11.7. The van der Waals surface area contributed by atoms with Gasteiger partial charge in [-0.2, -0.15) is 13.2 Å². The van der Waals surface area contributed by atoms with Gasteiger partial charge in [-0.15, -0.1) is 0 Å². The van der Waals surface area contributed by atoms with Crippen molar-refractivity contribution < 1.29 is 22.7 Å². The third-order valence-corrected chi connectivity index (χ3v) is 1.88. The zero-order chi connectivity index (χ0) is 12.9. The molecule has 1 heterocycles. The van der Waals surface area contributed by atoms with Crippen LogP contribution in [0.4, 0.5) is 19.0 Å². The van der Waals surface area contributed by atoms with Crippen LogP contribution >= 0.6 is 0 Å². The molecule has 1 aromatic rings. The van der Waals surface area contributed by atoms with Crippen LogP contribution in [0.15, 0.2) is 18.3 Å². The Labute approximate surface area is 95.6 Å². The fourth-order valence-electron chi connectivity index (χ4n) is 1.14. The Kier molecular flexibility index (Phi) is 4.45. The number of alkyl halides is 3. The molecule has 2 N–H and O–H groups in total. The molecule has 0 saturated carbocycles. The zero-order valence-electron chi connectivity index (χ0n) is 8.83. The number of nitrogen functional groups attached to an aromatic ring is 1. The normalized spacial score (nSPS) is 11.5. The summed E-state index contributed by atoms with van der Waals surface area (Å²) in [5.41, 5.74) is 5.64. The number of nitrogens with two attached hydrogens (primary N) is 1. The molecular formula is C10H11F3N2O2. The van der Waals surface area contributed by atoms with E-state index >= 15 is 0 Å². The number of rotatable bonds is 5. The van der Waals surface area contributed by atoms with Crippen LogP contribution in [0.3, 0.4) is 0 Å². The molecule has 1 rings (SSSR count). The molecule has 0 bridgehead atoms. The average molecular weight is 248 g/mol. The third-order valence-electron chi connectivity index (χ3n) is 1.88. The molecule has 0 aliphatic heterocycles. The lowest BCUT2D eigenvalue weighted by molar-refractivity contribution is -0.173. The van der Waals surface area contributed by atoms with Gasteiger partial charge in [-0.1, -0.05) is 0 Å². The molecule has 0 aliphatic carbocycles. The van der Waals surface area contributed by atoms with Gasteiger partial charge in [0, 0.05) is 12.6 Å². The Bertz CT molecular complexity index is 393. The fraction of sp³-hybridized carbons (Fsp3) is 0.400. The lowest BCUT2D eigenvalue weighted by Gasteiger charge is -2.07. The van der Waals surface area contributed by atoms with Gasteiger partial charge in [-0.3, -0.25) is 4.79 Å². The first kappa shape index (κ1) is 13.4. The van der Waals surface area contributed by atoms with Crippen LogP contribution in [0, 0.1) is 0 Å². The smallest absolute Gasteiger partial charge is 0.383 e.